The van der Waals surface area contributed by atoms with Crippen LogP contribution in [0.15, 0.2) is 49.6 Å². The minimum absolute atomic E-state index is 0.0156. The van der Waals surface area contributed by atoms with Crippen molar-refractivity contribution in [3.63, 3.8) is 0 Å². The minimum Gasteiger partial charge on any atom is -0.461 e. The van der Waals surface area contributed by atoms with Crippen molar-refractivity contribution in [1.82, 2.24) is 4.90 Å². The molecule has 4 rings (SSSR count). The Balaban J connectivity index is 1.84. The molecule has 0 saturated carbocycles. The minimum atomic E-state index is -1.23. The Morgan fingerprint density at radius 2 is 1.95 bits per heavy atom. The maximum absolute atomic E-state index is 14.5. The molecular formula is C29H37ClN2O6. The van der Waals surface area contributed by atoms with Gasteiger partial charge in [-0.1, -0.05) is 44.2 Å². The number of nitrogens with zero attached hydrogens (tertiary/aromatic N) is 2. The summed E-state index contributed by atoms with van der Waals surface area (Å²) in [5.74, 6) is -2.87. The average molecular weight is 545 g/mol. The van der Waals surface area contributed by atoms with E-state index >= 15 is 0 Å². The van der Waals surface area contributed by atoms with Gasteiger partial charge < -0.3 is 24.4 Å². The van der Waals surface area contributed by atoms with E-state index in [1.807, 2.05) is 20.8 Å². The lowest BCUT2D eigenvalue weighted by Gasteiger charge is -2.40. The lowest BCUT2D eigenvalue weighted by molar-refractivity contribution is -0.159. The molecule has 1 aromatic rings. The maximum Gasteiger partial charge on any atom is 0.313 e. The smallest absolute Gasteiger partial charge is 0.313 e. The zero-order chi connectivity index (χ0) is 27.8. The standard InChI is InChI=1S/C29H37ClN2O6/c1-6-14-31(20-10-8-19(30)9-11-20)26(35)24-29-13-12-28(5,38-29)23(27(36)37-15-7-2)22(29)25(34)32(24)21(17-33)16-18(3)4/h6-11,18,21-24,33H,1-2,12-17H2,3-5H3/t21-,22+,23+,24?,28-,29?/m1/s1. The number of fused-ring (bicyclic) bond motifs is 1. The number of rotatable bonds is 11. The Hall–Kier alpha value is -2.68. The molecule has 1 aromatic carbocycles. The normalized spacial score (nSPS) is 30.3. The summed E-state index contributed by atoms with van der Waals surface area (Å²) in [6.45, 7) is 13.1. The molecule has 9 heteroatoms. The molecule has 2 amide bonds. The van der Waals surface area contributed by atoms with E-state index in [-0.39, 0.29) is 37.5 Å². The fraction of sp³-hybridized carbons (Fsp3) is 0.552. The second kappa shape index (κ2) is 10.8. The van der Waals surface area contributed by atoms with Gasteiger partial charge in [0, 0.05) is 17.3 Å². The number of anilines is 1. The van der Waals surface area contributed by atoms with Crippen molar-refractivity contribution in [2.24, 2.45) is 17.8 Å². The van der Waals surface area contributed by atoms with Crippen LogP contribution in [-0.4, -0.2) is 70.8 Å². The van der Waals surface area contributed by atoms with Gasteiger partial charge in [0.05, 0.1) is 24.2 Å². The molecule has 3 aliphatic rings. The third kappa shape index (κ3) is 4.56. The number of halogens is 1. The predicted molar refractivity (Wildman–Crippen MR) is 145 cm³/mol. The first-order chi connectivity index (χ1) is 18.0. The van der Waals surface area contributed by atoms with Crippen LogP contribution in [0.1, 0.15) is 40.0 Å². The first-order valence-electron chi connectivity index (χ1n) is 13.1. The topological polar surface area (TPSA) is 96.4 Å². The van der Waals surface area contributed by atoms with Gasteiger partial charge in [-0.15, -0.1) is 6.58 Å². The Kier molecular flexibility index (Phi) is 8.07. The average Bonchev–Trinajstić information content (AvgIpc) is 3.45. The molecule has 0 aliphatic carbocycles. The molecule has 8 nitrogen and oxygen atoms in total. The Labute approximate surface area is 229 Å². The summed E-state index contributed by atoms with van der Waals surface area (Å²) in [4.78, 5) is 45.1. The number of carbonyl (C=O) groups excluding carboxylic acids is 3. The number of aliphatic hydroxyl groups is 1. The van der Waals surface area contributed by atoms with Crippen molar-refractivity contribution in [3.05, 3.63) is 54.6 Å². The van der Waals surface area contributed by atoms with E-state index in [1.165, 1.54) is 11.0 Å². The highest BCUT2D eigenvalue weighted by molar-refractivity contribution is 6.30. The Morgan fingerprint density at radius 1 is 1.26 bits per heavy atom. The Morgan fingerprint density at radius 3 is 2.53 bits per heavy atom. The molecule has 6 atom stereocenters. The summed E-state index contributed by atoms with van der Waals surface area (Å²) in [6, 6.07) is 5.21. The molecule has 2 unspecified atom stereocenters. The van der Waals surface area contributed by atoms with Gasteiger partial charge >= 0.3 is 5.97 Å². The van der Waals surface area contributed by atoms with Crippen LogP contribution in [-0.2, 0) is 23.9 Å². The summed E-state index contributed by atoms with van der Waals surface area (Å²) in [7, 11) is 0. The van der Waals surface area contributed by atoms with Gasteiger partial charge in [0.25, 0.3) is 5.91 Å². The van der Waals surface area contributed by atoms with E-state index in [1.54, 1.807) is 35.2 Å². The van der Waals surface area contributed by atoms with Crippen molar-refractivity contribution < 1.29 is 29.0 Å². The highest BCUT2D eigenvalue weighted by Crippen LogP contribution is 2.64. The van der Waals surface area contributed by atoms with Gasteiger partial charge in [0.1, 0.15) is 24.2 Å². The lowest BCUT2D eigenvalue weighted by atomic mass is 9.66. The van der Waals surface area contributed by atoms with Gasteiger partial charge in [-0.25, -0.2) is 0 Å². The maximum atomic E-state index is 14.5. The number of likely N-dealkylation sites (tertiary alicyclic amines) is 1. The highest BCUT2D eigenvalue weighted by atomic mass is 35.5. The lowest BCUT2D eigenvalue weighted by Crippen LogP contribution is -2.59. The number of hydrogen-bond acceptors (Lipinski definition) is 6. The molecule has 1 spiro atoms. The number of carbonyl (C=O) groups is 3. The quantitative estimate of drug-likeness (QED) is 0.336. The van der Waals surface area contributed by atoms with Crippen molar-refractivity contribution >= 4 is 35.1 Å². The van der Waals surface area contributed by atoms with Crippen LogP contribution in [0.4, 0.5) is 5.69 Å². The summed E-state index contributed by atoms with van der Waals surface area (Å²) >= 11 is 6.10. The molecule has 206 valence electrons. The van der Waals surface area contributed by atoms with E-state index in [4.69, 9.17) is 21.1 Å². The summed E-state index contributed by atoms with van der Waals surface area (Å²) < 4.78 is 12.1. The van der Waals surface area contributed by atoms with Crippen LogP contribution in [0.25, 0.3) is 0 Å². The molecule has 3 saturated heterocycles. The van der Waals surface area contributed by atoms with Crippen molar-refractivity contribution in [1.29, 1.82) is 0 Å². The monoisotopic (exact) mass is 544 g/mol. The van der Waals surface area contributed by atoms with Crippen LogP contribution in [0.3, 0.4) is 0 Å². The van der Waals surface area contributed by atoms with Crippen LogP contribution in [0.2, 0.25) is 5.02 Å². The zero-order valence-electron chi connectivity index (χ0n) is 22.3. The van der Waals surface area contributed by atoms with Gasteiger partial charge in [0.15, 0.2) is 0 Å². The van der Waals surface area contributed by atoms with E-state index in [9.17, 15) is 19.5 Å². The fourth-order valence-electron chi connectivity index (χ4n) is 6.67. The largest absolute Gasteiger partial charge is 0.461 e. The zero-order valence-corrected chi connectivity index (χ0v) is 23.0. The number of esters is 1. The number of aliphatic hydroxyl groups excluding tert-OH is 1. The van der Waals surface area contributed by atoms with Crippen LogP contribution in [0.5, 0.6) is 0 Å². The van der Waals surface area contributed by atoms with Crippen molar-refractivity contribution in [2.75, 3.05) is 24.7 Å². The van der Waals surface area contributed by atoms with E-state index in [2.05, 4.69) is 13.2 Å². The summed E-state index contributed by atoms with van der Waals surface area (Å²) in [6.07, 6.45) is 4.51. The molecular weight excluding hydrogens is 508 g/mol. The molecule has 3 fully saturated rings. The SMILES string of the molecule is C=CCOC(=O)[C@@H]1[C@H]2C(=O)N([C@@H](CO)CC(C)C)C(C(=O)N(CC=C)c3ccc(Cl)cc3)C23CC[C@@]1(C)O3. The summed E-state index contributed by atoms with van der Waals surface area (Å²) in [5, 5.41) is 10.9. The third-order valence-electron chi connectivity index (χ3n) is 8.11. The number of amides is 2. The second-order valence-corrected chi connectivity index (χ2v) is 11.5. The van der Waals surface area contributed by atoms with Gasteiger partial charge in [-0.05, 0) is 56.4 Å². The molecule has 0 aromatic heterocycles. The number of hydrogen-bond donors (Lipinski definition) is 1. The first kappa shape index (κ1) is 28.3. The van der Waals surface area contributed by atoms with Gasteiger partial charge in [0.2, 0.25) is 5.91 Å². The van der Waals surface area contributed by atoms with Crippen LogP contribution >= 0.6 is 11.6 Å². The first-order valence-corrected chi connectivity index (χ1v) is 13.5. The van der Waals surface area contributed by atoms with Crippen molar-refractivity contribution in [3.8, 4) is 0 Å². The second-order valence-electron chi connectivity index (χ2n) is 11.1. The summed E-state index contributed by atoms with van der Waals surface area (Å²) in [5.41, 5.74) is -1.58. The predicted octanol–water partition coefficient (Wildman–Crippen LogP) is 3.76. The molecule has 1 N–H and O–H groups in total. The fourth-order valence-corrected chi connectivity index (χ4v) is 6.79. The number of benzene rings is 1. The van der Waals surface area contributed by atoms with Crippen molar-refractivity contribution in [2.45, 2.75) is 63.3 Å². The van der Waals surface area contributed by atoms with Gasteiger partial charge in [-0.2, -0.15) is 0 Å². The highest BCUT2D eigenvalue weighted by Gasteiger charge is 2.79. The van der Waals surface area contributed by atoms with Crippen LogP contribution in [0, 0.1) is 17.8 Å². The van der Waals surface area contributed by atoms with E-state index < -0.39 is 41.1 Å². The Bertz CT molecular complexity index is 1110. The third-order valence-corrected chi connectivity index (χ3v) is 8.36. The molecule has 3 aliphatic heterocycles. The van der Waals surface area contributed by atoms with E-state index in [0.29, 0.717) is 30.0 Å². The number of ether oxygens (including phenoxy) is 2. The van der Waals surface area contributed by atoms with Gasteiger partial charge in [-0.3, -0.25) is 14.4 Å². The van der Waals surface area contributed by atoms with E-state index in [0.717, 1.165) is 0 Å². The molecule has 38 heavy (non-hydrogen) atoms. The molecule has 0 radical (unpaired) electrons. The molecule has 3 heterocycles. The van der Waals surface area contributed by atoms with Crippen LogP contribution < -0.4 is 4.90 Å². The molecule has 2 bridgehead atoms.